The molecule has 2 rings (SSSR count). The first kappa shape index (κ1) is 15.7. The van der Waals surface area contributed by atoms with Crippen molar-refractivity contribution < 1.29 is 27.4 Å². The number of sulfonamides is 1. The third-order valence-corrected chi connectivity index (χ3v) is 4.08. The van der Waals surface area contributed by atoms with Gasteiger partial charge in [-0.15, -0.1) is 0 Å². The Bertz CT molecular complexity index is 622. The van der Waals surface area contributed by atoms with Gasteiger partial charge in [-0.05, 0) is 18.2 Å². The smallest absolute Gasteiger partial charge is 0.338 e. The van der Waals surface area contributed by atoms with Crippen molar-refractivity contribution in [3.05, 3.63) is 23.8 Å². The van der Waals surface area contributed by atoms with Crippen molar-refractivity contribution in [3.8, 4) is 5.75 Å². The van der Waals surface area contributed by atoms with Gasteiger partial charge in [-0.2, -0.15) is 0 Å². The molecule has 0 spiro atoms. The van der Waals surface area contributed by atoms with E-state index in [1.54, 1.807) is 0 Å². The Balaban J connectivity index is 2.21. The van der Waals surface area contributed by atoms with E-state index in [4.69, 9.17) is 19.3 Å². The summed E-state index contributed by atoms with van der Waals surface area (Å²) in [4.78, 5) is 11.8. The number of carbonyl (C=O) groups excluding carboxylic acids is 1. The fourth-order valence-electron chi connectivity index (χ4n) is 2.04. The molecule has 0 aliphatic carbocycles. The van der Waals surface area contributed by atoms with Crippen molar-refractivity contribution in [2.75, 3.05) is 20.3 Å². The third kappa shape index (κ3) is 3.93. The van der Waals surface area contributed by atoms with Gasteiger partial charge < -0.3 is 14.2 Å². The molecule has 0 saturated carbocycles. The number of methoxy groups -OCH3 is 1. The number of rotatable bonds is 4. The highest BCUT2D eigenvalue weighted by atomic mass is 32.2. The molecule has 1 heterocycles. The number of hydrogen-bond donors (Lipinski definition) is 1. The van der Waals surface area contributed by atoms with Gasteiger partial charge in [0, 0.05) is 12.8 Å². The van der Waals surface area contributed by atoms with Gasteiger partial charge in [0.15, 0.2) is 0 Å². The summed E-state index contributed by atoms with van der Waals surface area (Å²) in [6.45, 7) is 1.09. The van der Waals surface area contributed by atoms with Crippen LogP contribution in [0.25, 0.3) is 0 Å². The molecule has 1 saturated heterocycles. The van der Waals surface area contributed by atoms with Crippen LogP contribution in [0.4, 0.5) is 0 Å². The van der Waals surface area contributed by atoms with Crippen molar-refractivity contribution in [2.24, 2.45) is 5.14 Å². The van der Waals surface area contributed by atoms with E-state index in [0.29, 0.717) is 26.1 Å². The predicted molar refractivity (Wildman–Crippen MR) is 73.6 cm³/mol. The van der Waals surface area contributed by atoms with Gasteiger partial charge in [0.2, 0.25) is 10.0 Å². The molecule has 7 nitrogen and oxygen atoms in total. The lowest BCUT2D eigenvalue weighted by molar-refractivity contribution is -0.0159. The quantitative estimate of drug-likeness (QED) is 0.819. The van der Waals surface area contributed by atoms with Crippen LogP contribution in [0.15, 0.2) is 23.1 Å². The highest BCUT2D eigenvalue weighted by Crippen LogP contribution is 2.24. The summed E-state index contributed by atoms with van der Waals surface area (Å²) < 4.78 is 38.4. The summed E-state index contributed by atoms with van der Waals surface area (Å²) in [5.41, 5.74) is 0.117. The Kier molecular flexibility index (Phi) is 4.81. The first-order chi connectivity index (χ1) is 9.91. The van der Waals surface area contributed by atoms with Gasteiger partial charge in [0.1, 0.15) is 16.7 Å². The molecule has 116 valence electrons. The first-order valence-electron chi connectivity index (χ1n) is 6.41. The minimum Gasteiger partial charge on any atom is -0.495 e. The summed E-state index contributed by atoms with van der Waals surface area (Å²) in [6.07, 6.45) is 1.04. The molecule has 0 aromatic heterocycles. The summed E-state index contributed by atoms with van der Waals surface area (Å²) in [5, 5.41) is 5.11. The second kappa shape index (κ2) is 6.42. The number of primary sulfonamides is 1. The fraction of sp³-hybridized carbons (Fsp3) is 0.462. The summed E-state index contributed by atoms with van der Waals surface area (Å²) in [5.74, 6) is -0.505. The Morgan fingerprint density at radius 3 is 2.57 bits per heavy atom. The van der Waals surface area contributed by atoms with Crippen LogP contribution in [0.3, 0.4) is 0 Å². The highest BCUT2D eigenvalue weighted by Gasteiger charge is 2.22. The van der Waals surface area contributed by atoms with E-state index in [2.05, 4.69) is 0 Å². The van der Waals surface area contributed by atoms with Gasteiger partial charge in [0.05, 0.1) is 25.9 Å². The standard InChI is InChI=1S/C13H17NO6S/c1-18-11-3-2-9(8-12(11)21(14,16)17)13(15)20-10-4-6-19-7-5-10/h2-3,8,10H,4-7H2,1H3,(H2,14,16,17). The molecule has 0 amide bonds. The molecule has 1 fully saturated rings. The van der Waals surface area contributed by atoms with Crippen molar-refractivity contribution in [3.63, 3.8) is 0 Å². The second-order valence-corrected chi connectivity index (χ2v) is 6.16. The Labute approximate surface area is 123 Å². The lowest BCUT2D eigenvalue weighted by atomic mass is 10.1. The number of benzene rings is 1. The molecule has 0 radical (unpaired) electrons. The second-order valence-electron chi connectivity index (χ2n) is 4.63. The summed E-state index contributed by atoms with van der Waals surface area (Å²) in [6, 6.07) is 3.98. The first-order valence-corrected chi connectivity index (χ1v) is 7.96. The Morgan fingerprint density at radius 1 is 1.33 bits per heavy atom. The topological polar surface area (TPSA) is 105 Å². The third-order valence-electron chi connectivity index (χ3n) is 3.15. The average molecular weight is 315 g/mol. The van der Waals surface area contributed by atoms with Crippen LogP contribution in [-0.4, -0.2) is 40.8 Å². The van der Waals surface area contributed by atoms with Crippen LogP contribution in [-0.2, 0) is 19.5 Å². The predicted octanol–water partition coefficient (Wildman–Crippen LogP) is 0.678. The molecule has 0 unspecified atom stereocenters. The van der Waals surface area contributed by atoms with Crippen LogP contribution in [0.5, 0.6) is 5.75 Å². The molecule has 0 atom stereocenters. The fourth-order valence-corrected chi connectivity index (χ4v) is 2.76. The van der Waals surface area contributed by atoms with Crippen molar-refractivity contribution in [1.29, 1.82) is 0 Å². The van der Waals surface area contributed by atoms with Crippen LogP contribution in [0, 0.1) is 0 Å². The summed E-state index contributed by atoms with van der Waals surface area (Å²) >= 11 is 0. The lowest BCUT2D eigenvalue weighted by Crippen LogP contribution is -2.26. The minimum absolute atomic E-state index is 0.0834. The van der Waals surface area contributed by atoms with Crippen LogP contribution >= 0.6 is 0 Å². The number of hydrogen-bond acceptors (Lipinski definition) is 6. The van der Waals surface area contributed by atoms with E-state index in [-0.39, 0.29) is 22.3 Å². The van der Waals surface area contributed by atoms with Crippen molar-refractivity contribution in [1.82, 2.24) is 0 Å². The number of ether oxygens (including phenoxy) is 3. The molecular weight excluding hydrogens is 298 g/mol. The number of nitrogens with two attached hydrogens (primary N) is 1. The van der Waals surface area contributed by atoms with Crippen LogP contribution in [0.1, 0.15) is 23.2 Å². The normalized spacial score (nSPS) is 16.5. The van der Waals surface area contributed by atoms with E-state index in [1.165, 1.54) is 19.2 Å². The Morgan fingerprint density at radius 2 is 2.00 bits per heavy atom. The van der Waals surface area contributed by atoms with Crippen molar-refractivity contribution >= 4 is 16.0 Å². The molecule has 1 aliphatic rings. The molecule has 1 aromatic carbocycles. The van der Waals surface area contributed by atoms with E-state index in [0.717, 1.165) is 6.07 Å². The zero-order chi connectivity index (χ0) is 15.5. The summed E-state index contributed by atoms with van der Waals surface area (Å²) in [7, 11) is -2.66. The SMILES string of the molecule is COc1ccc(C(=O)OC2CCOCC2)cc1S(N)(=O)=O. The van der Waals surface area contributed by atoms with Gasteiger partial charge in [-0.1, -0.05) is 0 Å². The van der Waals surface area contributed by atoms with E-state index < -0.39 is 16.0 Å². The van der Waals surface area contributed by atoms with Crippen LogP contribution < -0.4 is 9.88 Å². The molecule has 2 N–H and O–H groups in total. The van der Waals surface area contributed by atoms with E-state index in [1.807, 2.05) is 0 Å². The van der Waals surface area contributed by atoms with Crippen molar-refractivity contribution in [2.45, 2.75) is 23.8 Å². The van der Waals surface area contributed by atoms with Gasteiger partial charge in [0.25, 0.3) is 0 Å². The molecule has 1 aromatic rings. The maximum atomic E-state index is 12.1. The number of esters is 1. The lowest BCUT2D eigenvalue weighted by Gasteiger charge is -2.22. The van der Waals surface area contributed by atoms with E-state index >= 15 is 0 Å². The zero-order valence-electron chi connectivity index (χ0n) is 11.6. The van der Waals surface area contributed by atoms with Gasteiger partial charge in [-0.25, -0.2) is 18.4 Å². The molecular formula is C13H17NO6S. The molecule has 0 bridgehead atoms. The zero-order valence-corrected chi connectivity index (χ0v) is 12.4. The molecule has 8 heteroatoms. The molecule has 1 aliphatic heterocycles. The van der Waals surface area contributed by atoms with Gasteiger partial charge in [-0.3, -0.25) is 0 Å². The van der Waals surface area contributed by atoms with Gasteiger partial charge >= 0.3 is 5.97 Å². The highest BCUT2D eigenvalue weighted by molar-refractivity contribution is 7.89. The largest absolute Gasteiger partial charge is 0.495 e. The Hall–Kier alpha value is -1.64. The van der Waals surface area contributed by atoms with E-state index in [9.17, 15) is 13.2 Å². The maximum Gasteiger partial charge on any atom is 0.338 e. The monoisotopic (exact) mass is 315 g/mol. The maximum absolute atomic E-state index is 12.1. The number of carbonyl (C=O) groups is 1. The van der Waals surface area contributed by atoms with Crippen LogP contribution in [0.2, 0.25) is 0 Å². The minimum atomic E-state index is -3.99. The average Bonchev–Trinajstić information content (AvgIpc) is 2.46. The molecule has 21 heavy (non-hydrogen) atoms.